The minimum Gasteiger partial charge on any atom is -0.480 e. The minimum atomic E-state index is -1.20. The van der Waals surface area contributed by atoms with Gasteiger partial charge in [-0.15, -0.1) is 0 Å². The van der Waals surface area contributed by atoms with E-state index in [2.05, 4.69) is 22.8 Å². The van der Waals surface area contributed by atoms with Gasteiger partial charge in [-0.2, -0.15) is 0 Å². The molecule has 0 saturated heterocycles. The van der Waals surface area contributed by atoms with E-state index in [-0.39, 0.29) is 38.0 Å². The molecule has 4 N–H and O–H groups in total. The summed E-state index contributed by atoms with van der Waals surface area (Å²) in [5.41, 5.74) is 4.52. The molecule has 0 aliphatic heterocycles. The number of nitrogens with one attached hydrogen (secondary N) is 2. The van der Waals surface area contributed by atoms with Crippen LogP contribution < -0.4 is 10.6 Å². The zero-order valence-corrected chi connectivity index (χ0v) is 18.9. The Morgan fingerprint density at radius 1 is 1.00 bits per heavy atom. The first-order valence-electron chi connectivity index (χ1n) is 11.7. The third kappa shape index (κ3) is 5.07. The molecule has 2 amide bonds. The maximum absolute atomic E-state index is 12.8. The molecule has 2 aromatic carbocycles. The lowest BCUT2D eigenvalue weighted by atomic mass is 9.75. The molecule has 0 bridgehead atoms. The van der Waals surface area contributed by atoms with Gasteiger partial charge in [-0.1, -0.05) is 55.0 Å². The fraction of sp³-hybridized carbons (Fsp3) is 0.423. The summed E-state index contributed by atoms with van der Waals surface area (Å²) in [6.45, 7) is -0.0975. The Kier molecular flexibility index (Phi) is 7.47. The highest BCUT2D eigenvalue weighted by Gasteiger charge is 2.35. The van der Waals surface area contributed by atoms with Crippen LogP contribution in [0.2, 0.25) is 0 Å². The molecule has 0 aromatic heterocycles. The lowest BCUT2D eigenvalue weighted by Gasteiger charge is -2.33. The number of rotatable bonds is 10. The molecule has 1 saturated carbocycles. The number of ether oxygens (including phenoxy) is 1. The van der Waals surface area contributed by atoms with Crippen LogP contribution in [0.4, 0.5) is 4.79 Å². The van der Waals surface area contributed by atoms with E-state index in [1.54, 1.807) is 0 Å². The second-order valence-corrected chi connectivity index (χ2v) is 8.92. The van der Waals surface area contributed by atoms with Crippen molar-refractivity contribution in [2.45, 2.75) is 37.6 Å². The van der Waals surface area contributed by atoms with E-state index < -0.39 is 29.9 Å². The summed E-state index contributed by atoms with van der Waals surface area (Å²) in [5, 5.41) is 23.5. The number of hydrogen-bond acceptors (Lipinski definition) is 5. The normalized spacial score (nSPS) is 16.5. The number of carbonyl (C=O) groups excluding carboxylic acids is 2. The Bertz CT molecular complexity index is 1010. The number of carbonyl (C=O) groups is 3. The molecule has 2 aromatic rings. The van der Waals surface area contributed by atoms with Crippen LogP contribution in [0.15, 0.2) is 48.5 Å². The Morgan fingerprint density at radius 3 is 2.15 bits per heavy atom. The van der Waals surface area contributed by atoms with Gasteiger partial charge in [0.15, 0.2) is 0 Å². The van der Waals surface area contributed by atoms with Gasteiger partial charge in [0.1, 0.15) is 12.6 Å². The number of alkyl carbamates (subject to hydrolysis) is 1. The summed E-state index contributed by atoms with van der Waals surface area (Å²) in [5.74, 6) is -2.14. The van der Waals surface area contributed by atoms with Crippen LogP contribution in [0.25, 0.3) is 11.1 Å². The van der Waals surface area contributed by atoms with Crippen molar-refractivity contribution in [2.24, 2.45) is 11.8 Å². The van der Waals surface area contributed by atoms with Crippen LogP contribution in [0, 0.1) is 11.8 Å². The van der Waals surface area contributed by atoms with E-state index in [0.29, 0.717) is 0 Å². The largest absolute Gasteiger partial charge is 0.480 e. The molecule has 4 rings (SSSR count). The number of hydrogen-bond donors (Lipinski definition) is 4. The van der Waals surface area contributed by atoms with E-state index in [4.69, 9.17) is 9.84 Å². The summed E-state index contributed by atoms with van der Waals surface area (Å²) in [6, 6.07) is 15.0. The van der Waals surface area contributed by atoms with Crippen LogP contribution in [-0.4, -0.2) is 54.0 Å². The number of amides is 2. The Hall–Kier alpha value is -3.39. The SMILES string of the molecule is O=C(NCC(C(=O)NC(CCO)C(=O)O)C1CCC1)OCC1c2ccccc2-c2ccccc21. The van der Waals surface area contributed by atoms with Crippen molar-refractivity contribution >= 4 is 18.0 Å². The molecule has 2 atom stereocenters. The Balaban J connectivity index is 1.35. The maximum Gasteiger partial charge on any atom is 0.407 e. The zero-order valence-electron chi connectivity index (χ0n) is 18.9. The Morgan fingerprint density at radius 2 is 1.62 bits per heavy atom. The first kappa shape index (κ1) is 23.8. The number of aliphatic carboxylic acids is 1. The van der Waals surface area contributed by atoms with E-state index >= 15 is 0 Å². The molecular weight excluding hydrogens is 436 g/mol. The van der Waals surface area contributed by atoms with E-state index in [1.807, 2.05) is 36.4 Å². The fourth-order valence-electron chi connectivity index (χ4n) is 4.82. The predicted octanol–water partition coefficient (Wildman–Crippen LogP) is 2.89. The van der Waals surface area contributed by atoms with Gasteiger partial charge in [-0.3, -0.25) is 4.79 Å². The number of carboxylic acids is 1. The standard InChI is InChI=1S/C26H30N2O6/c29-13-12-23(25(31)32)28-24(30)21(16-6-5-7-16)14-27-26(33)34-15-22-19-10-3-1-8-17(19)18-9-2-4-11-20(18)22/h1-4,8-11,16,21-23,29H,5-7,12-15H2,(H,27,33)(H,28,30)(H,31,32). The van der Waals surface area contributed by atoms with Crippen LogP contribution in [0.3, 0.4) is 0 Å². The lowest BCUT2D eigenvalue weighted by molar-refractivity contribution is -0.143. The van der Waals surface area contributed by atoms with Crippen LogP contribution in [0.1, 0.15) is 42.7 Å². The van der Waals surface area contributed by atoms with E-state index in [0.717, 1.165) is 41.5 Å². The lowest BCUT2D eigenvalue weighted by Crippen LogP contribution is -2.49. The smallest absolute Gasteiger partial charge is 0.407 e. The van der Waals surface area contributed by atoms with Gasteiger partial charge in [-0.25, -0.2) is 9.59 Å². The third-order valence-electron chi connectivity index (χ3n) is 6.90. The summed E-state index contributed by atoms with van der Waals surface area (Å²) in [4.78, 5) is 36.6. The van der Waals surface area contributed by atoms with Crippen LogP contribution in [0.5, 0.6) is 0 Å². The maximum atomic E-state index is 12.8. The first-order valence-corrected chi connectivity index (χ1v) is 11.7. The van der Waals surface area contributed by atoms with Gasteiger partial charge in [0.25, 0.3) is 0 Å². The third-order valence-corrected chi connectivity index (χ3v) is 6.90. The summed E-state index contributed by atoms with van der Waals surface area (Å²) >= 11 is 0. The van der Waals surface area contributed by atoms with Crippen molar-refractivity contribution in [3.8, 4) is 11.1 Å². The molecule has 2 unspecified atom stereocenters. The van der Waals surface area contributed by atoms with Crippen molar-refractivity contribution in [3.05, 3.63) is 59.7 Å². The van der Waals surface area contributed by atoms with Crippen LogP contribution in [-0.2, 0) is 14.3 Å². The van der Waals surface area contributed by atoms with Crippen molar-refractivity contribution in [1.29, 1.82) is 0 Å². The number of carboxylic acid groups (broad SMARTS) is 1. The second kappa shape index (κ2) is 10.7. The molecule has 0 spiro atoms. The topological polar surface area (TPSA) is 125 Å². The first-order chi connectivity index (χ1) is 16.5. The summed E-state index contributed by atoms with van der Waals surface area (Å²) in [7, 11) is 0. The summed E-state index contributed by atoms with van der Waals surface area (Å²) < 4.78 is 5.55. The number of aliphatic hydroxyl groups excluding tert-OH is 1. The number of aliphatic hydroxyl groups is 1. The highest BCUT2D eigenvalue weighted by atomic mass is 16.5. The minimum absolute atomic E-state index is 0.0568. The average molecular weight is 467 g/mol. The Labute approximate surface area is 198 Å². The number of benzene rings is 2. The van der Waals surface area contributed by atoms with Gasteiger partial charge in [0.05, 0.1) is 5.92 Å². The van der Waals surface area contributed by atoms with E-state index in [1.165, 1.54) is 0 Å². The van der Waals surface area contributed by atoms with Gasteiger partial charge >= 0.3 is 12.1 Å². The van der Waals surface area contributed by atoms with Gasteiger partial charge < -0.3 is 25.6 Å². The summed E-state index contributed by atoms with van der Waals surface area (Å²) in [6.07, 6.45) is 2.02. The van der Waals surface area contributed by atoms with Crippen molar-refractivity contribution in [2.75, 3.05) is 19.8 Å². The van der Waals surface area contributed by atoms with Gasteiger partial charge in [-0.05, 0) is 41.0 Å². The van der Waals surface area contributed by atoms with Crippen molar-refractivity contribution in [1.82, 2.24) is 10.6 Å². The quantitative estimate of drug-likeness (QED) is 0.427. The fourth-order valence-corrected chi connectivity index (χ4v) is 4.82. The highest BCUT2D eigenvalue weighted by molar-refractivity contribution is 5.85. The molecular formula is C26H30N2O6. The van der Waals surface area contributed by atoms with Crippen molar-refractivity contribution < 1.29 is 29.3 Å². The predicted molar refractivity (Wildman–Crippen MR) is 125 cm³/mol. The molecule has 0 heterocycles. The molecule has 2 aliphatic rings. The molecule has 0 radical (unpaired) electrons. The molecule has 8 nitrogen and oxygen atoms in total. The molecule has 180 valence electrons. The van der Waals surface area contributed by atoms with Gasteiger partial charge in [0, 0.05) is 25.5 Å². The second-order valence-electron chi connectivity index (χ2n) is 8.92. The molecule has 34 heavy (non-hydrogen) atoms. The number of fused-ring (bicyclic) bond motifs is 3. The van der Waals surface area contributed by atoms with Crippen molar-refractivity contribution in [3.63, 3.8) is 0 Å². The molecule has 8 heteroatoms. The molecule has 1 fully saturated rings. The monoisotopic (exact) mass is 466 g/mol. The molecule has 2 aliphatic carbocycles. The highest BCUT2D eigenvalue weighted by Crippen LogP contribution is 2.44. The van der Waals surface area contributed by atoms with Gasteiger partial charge in [0.2, 0.25) is 5.91 Å². The van der Waals surface area contributed by atoms with Crippen LogP contribution >= 0.6 is 0 Å². The van der Waals surface area contributed by atoms with E-state index in [9.17, 15) is 19.5 Å². The zero-order chi connectivity index (χ0) is 24.1. The average Bonchev–Trinajstić information content (AvgIpc) is 3.12.